The Bertz CT molecular complexity index is 1130. The van der Waals surface area contributed by atoms with Crippen LogP contribution >= 0.6 is 12.2 Å². The molecule has 0 aliphatic carbocycles. The lowest BCUT2D eigenvalue weighted by molar-refractivity contribution is -0.312. The first-order valence-corrected chi connectivity index (χ1v) is 10.8. The zero-order valence-corrected chi connectivity index (χ0v) is 19.2. The molecule has 1 atom stereocenters. The van der Waals surface area contributed by atoms with E-state index in [1.54, 1.807) is 31.2 Å². The van der Waals surface area contributed by atoms with Gasteiger partial charge in [-0.1, -0.05) is 25.1 Å². The molecule has 1 aliphatic rings. The number of rotatable bonds is 8. The predicted octanol–water partition coefficient (Wildman–Crippen LogP) is 2.00. The molecule has 1 fully saturated rings. The Hall–Kier alpha value is -3.72. The van der Waals surface area contributed by atoms with Gasteiger partial charge in [0, 0.05) is 0 Å². The van der Waals surface area contributed by atoms with E-state index in [1.807, 2.05) is 19.1 Å². The van der Waals surface area contributed by atoms with Gasteiger partial charge in [0.2, 0.25) is 0 Å². The lowest BCUT2D eigenvalue weighted by Crippen LogP contribution is -2.54. The number of carboxylic acid groups (broad SMARTS) is 1. The highest BCUT2D eigenvalue weighted by molar-refractivity contribution is 7.80. The van der Waals surface area contributed by atoms with E-state index in [4.69, 9.17) is 21.7 Å². The van der Waals surface area contributed by atoms with Gasteiger partial charge in [0.25, 0.3) is 11.8 Å². The number of carboxylic acids is 1. The summed E-state index contributed by atoms with van der Waals surface area (Å²) in [5.41, 5.74) is 2.03. The third kappa shape index (κ3) is 5.38. The minimum absolute atomic E-state index is 0.00131. The minimum atomic E-state index is -1.36. The Morgan fingerprint density at radius 1 is 1.15 bits per heavy atom. The van der Waals surface area contributed by atoms with E-state index >= 15 is 0 Å². The smallest absolute Gasteiger partial charge is 0.270 e. The normalized spacial score (nSPS) is 15.9. The molecule has 1 saturated heterocycles. The van der Waals surface area contributed by atoms with Gasteiger partial charge in [0.1, 0.15) is 11.7 Å². The molecule has 1 aliphatic heterocycles. The number of nitrogens with one attached hydrogen (secondary N) is 1. The van der Waals surface area contributed by atoms with E-state index in [1.165, 1.54) is 24.0 Å². The van der Waals surface area contributed by atoms with Gasteiger partial charge in [-0.3, -0.25) is 19.8 Å². The van der Waals surface area contributed by atoms with Crippen LogP contribution in [0.4, 0.5) is 5.69 Å². The van der Waals surface area contributed by atoms with Crippen molar-refractivity contribution < 1.29 is 29.0 Å². The Morgan fingerprint density at radius 2 is 1.85 bits per heavy atom. The van der Waals surface area contributed by atoms with Crippen LogP contribution in [0.2, 0.25) is 0 Å². The lowest BCUT2D eigenvalue weighted by Gasteiger charge is -2.29. The number of aliphatic carboxylic acids is 1. The molecule has 1 N–H and O–H groups in total. The maximum atomic E-state index is 13.2. The Kier molecular flexibility index (Phi) is 7.44. The average Bonchev–Trinajstić information content (AvgIpc) is 2.78. The summed E-state index contributed by atoms with van der Waals surface area (Å²) in [7, 11) is 0. The molecule has 2 amide bonds. The van der Waals surface area contributed by atoms with Crippen molar-refractivity contribution >= 4 is 46.9 Å². The number of aryl methyl sites for hydroxylation is 1. The van der Waals surface area contributed by atoms with Crippen molar-refractivity contribution in [1.29, 1.82) is 0 Å². The average molecular weight is 468 g/mol. The standard InChI is InChI=1S/C24H24N2O6S/c1-4-15-6-9-17(10-7-15)26-22(28)18(21(27)25-24(26)33)12-16-8-11-19(20(13-16)31-5-2)32-14(3)23(29)30/h6-14H,4-5H2,1-3H3,(H,29,30)(H,25,27,33)/p-1/b18-12+/t14-/m0/s1. The largest absolute Gasteiger partial charge is 0.546 e. The van der Waals surface area contributed by atoms with Crippen molar-refractivity contribution in [2.45, 2.75) is 33.3 Å². The van der Waals surface area contributed by atoms with Crippen LogP contribution in [0, 0.1) is 0 Å². The number of ether oxygens (including phenoxy) is 2. The fourth-order valence-electron chi connectivity index (χ4n) is 3.16. The zero-order chi connectivity index (χ0) is 24.1. The molecule has 0 radical (unpaired) electrons. The monoisotopic (exact) mass is 467 g/mol. The number of hydrogen-bond acceptors (Lipinski definition) is 7. The molecule has 0 bridgehead atoms. The first-order chi connectivity index (χ1) is 15.7. The summed E-state index contributed by atoms with van der Waals surface area (Å²) in [5.74, 6) is -2.07. The molecule has 1 heterocycles. The second-order valence-electron chi connectivity index (χ2n) is 7.20. The summed E-state index contributed by atoms with van der Waals surface area (Å²) in [4.78, 5) is 38.0. The molecule has 2 aromatic rings. The fourth-order valence-corrected chi connectivity index (χ4v) is 3.44. The lowest BCUT2D eigenvalue weighted by atomic mass is 10.1. The summed E-state index contributed by atoms with van der Waals surface area (Å²) in [6.45, 7) is 5.43. The van der Waals surface area contributed by atoms with Gasteiger partial charge in [0.15, 0.2) is 16.6 Å². The van der Waals surface area contributed by atoms with Crippen molar-refractivity contribution in [3.05, 3.63) is 59.2 Å². The third-order valence-corrected chi connectivity index (χ3v) is 5.20. The SMILES string of the molecule is CCOc1cc(/C=C2\C(=O)NC(=S)N(c3ccc(CC)cc3)C2=O)ccc1O[C@@H](C)C(=O)[O-]. The minimum Gasteiger partial charge on any atom is -0.546 e. The van der Waals surface area contributed by atoms with Crippen LogP contribution in [0.5, 0.6) is 11.5 Å². The number of nitrogens with zero attached hydrogens (tertiary/aromatic N) is 1. The van der Waals surface area contributed by atoms with E-state index in [-0.39, 0.29) is 22.2 Å². The molecule has 2 aromatic carbocycles. The van der Waals surface area contributed by atoms with Crippen LogP contribution in [0.15, 0.2) is 48.0 Å². The molecule has 9 heteroatoms. The fraction of sp³-hybridized carbons (Fsp3) is 0.250. The maximum absolute atomic E-state index is 13.2. The first kappa shape index (κ1) is 23.9. The second-order valence-corrected chi connectivity index (χ2v) is 7.58. The van der Waals surface area contributed by atoms with Crippen molar-refractivity contribution in [3.63, 3.8) is 0 Å². The summed E-state index contributed by atoms with van der Waals surface area (Å²) in [5, 5.41) is 13.6. The quantitative estimate of drug-likeness (QED) is 0.359. The number of benzene rings is 2. The molecule has 0 aromatic heterocycles. The Labute approximate surface area is 196 Å². The molecule has 0 spiro atoms. The maximum Gasteiger partial charge on any atom is 0.270 e. The highest BCUT2D eigenvalue weighted by Gasteiger charge is 2.34. The first-order valence-electron chi connectivity index (χ1n) is 10.4. The highest BCUT2D eigenvalue weighted by Crippen LogP contribution is 2.31. The predicted molar refractivity (Wildman–Crippen MR) is 125 cm³/mol. The van der Waals surface area contributed by atoms with Gasteiger partial charge in [-0.25, -0.2) is 0 Å². The van der Waals surface area contributed by atoms with Crippen molar-refractivity contribution in [3.8, 4) is 11.5 Å². The Morgan fingerprint density at radius 3 is 2.45 bits per heavy atom. The summed E-state index contributed by atoms with van der Waals surface area (Å²) >= 11 is 5.23. The summed E-state index contributed by atoms with van der Waals surface area (Å²) < 4.78 is 10.9. The number of anilines is 1. The van der Waals surface area contributed by atoms with E-state index in [0.717, 1.165) is 12.0 Å². The molecule has 3 rings (SSSR count). The molecule has 0 unspecified atom stereocenters. The molecular weight excluding hydrogens is 444 g/mol. The van der Waals surface area contributed by atoms with E-state index in [0.29, 0.717) is 17.9 Å². The van der Waals surface area contributed by atoms with Gasteiger partial charge in [-0.05, 0) is 74.0 Å². The molecule has 172 valence electrons. The van der Waals surface area contributed by atoms with Crippen LogP contribution in [0.25, 0.3) is 6.08 Å². The summed E-state index contributed by atoms with van der Waals surface area (Å²) in [6, 6.07) is 12.0. The number of thiocarbonyl (C=S) groups is 1. The summed E-state index contributed by atoms with van der Waals surface area (Å²) in [6.07, 6.45) is 1.08. The number of hydrogen-bond donors (Lipinski definition) is 1. The van der Waals surface area contributed by atoms with Gasteiger partial charge in [-0.15, -0.1) is 0 Å². The molecule has 33 heavy (non-hydrogen) atoms. The Balaban J connectivity index is 1.95. The number of amides is 2. The van der Waals surface area contributed by atoms with Gasteiger partial charge >= 0.3 is 0 Å². The van der Waals surface area contributed by atoms with Crippen LogP contribution in [0.1, 0.15) is 31.9 Å². The zero-order valence-electron chi connectivity index (χ0n) is 18.4. The topological polar surface area (TPSA) is 108 Å². The van der Waals surface area contributed by atoms with E-state index in [9.17, 15) is 19.5 Å². The van der Waals surface area contributed by atoms with Crippen LogP contribution < -0.4 is 24.8 Å². The molecule has 0 saturated carbocycles. The van der Waals surface area contributed by atoms with Crippen molar-refractivity contribution in [1.82, 2.24) is 5.32 Å². The van der Waals surface area contributed by atoms with Gasteiger partial charge < -0.3 is 19.4 Å². The number of carbonyl (C=O) groups is 3. The van der Waals surface area contributed by atoms with Gasteiger partial charge in [-0.2, -0.15) is 0 Å². The van der Waals surface area contributed by atoms with Crippen LogP contribution in [-0.2, 0) is 20.8 Å². The van der Waals surface area contributed by atoms with Crippen LogP contribution in [-0.4, -0.2) is 35.6 Å². The van der Waals surface area contributed by atoms with Crippen molar-refractivity contribution in [2.24, 2.45) is 0 Å². The van der Waals surface area contributed by atoms with Crippen LogP contribution in [0.3, 0.4) is 0 Å². The van der Waals surface area contributed by atoms with Crippen molar-refractivity contribution in [2.75, 3.05) is 11.5 Å². The van der Waals surface area contributed by atoms with Gasteiger partial charge in [0.05, 0.1) is 18.3 Å². The second kappa shape index (κ2) is 10.3. The molecular formula is C24H23N2O6S-. The highest BCUT2D eigenvalue weighted by atomic mass is 32.1. The van der Waals surface area contributed by atoms with E-state index < -0.39 is 23.9 Å². The van der Waals surface area contributed by atoms with E-state index in [2.05, 4.69) is 5.32 Å². The molecule has 8 nitrogen and oxygen atoms in total. The third-order valence-electron chi connectivity index (χ3n) is 4.92. The number of carbonyl (C=O) groups excluding carboxylic acids is 3.